The molecule has 0 aliphatic carbocycles. The van der Waals surface area contributed by atoms with Gasteiger partial charge in [0.25, 0.3) is 0 Å². The highest BCUT2D eigenvalue weighted by Gasteiger charge is 2.22. The van der Waals surface area contributed by atoms with Crippen LogP contribution < -0.4 is 5.43 Å². The highest BCUT2D eigenvalue weighted by Crippen LogP contribution is 2.25. The number of carboxylic acid groups (broad SMARTS) is 1. The Morgan fingerprint density at radius 1 is 1.50 bits per heavy atom. The number of rotatable bonds is 2. The van der Waals surface area contributed by atoms with Gasteiger partial charge in [-0.15, -0.1) is 0 Å². The highest BCUT2D eigenvalue weighted by atomic mass is 35.5. The van der Waals surface area contributed by atoms with Crippen LogP contribution in [0.3, 0.4) is 0 Å². The lowest BCUT2D eigenvalue weighted by molar-refractivity contribution is 0.0695. The molecule has 0 amide bonds. The molecule has 7 nitrogen and oxygen atoms in total. The molecule has 1 N–H and O–H groups in total. The maximum atomic E-state index is 13.9. The number of carboxylic acids is 1. The number of aromatic carboxylic acids is 1. The molecule has 0 unspecified atom stereocenters. The van der Waals surface area contributed by atoms with Gasteiger partial charge in [0.2, 0.25) is 10.6 Å². The Morgan fingerprint density at radius 3 is 2.82 bits per heavy atom. The molecule has 0 saturated carbocycles. The van der Waals surface area contributed by atoms with E-state index in [-0.39, 0.29) is 21.7 Å². The molecule has 22 heavy (non-hydrogen) atoms. The molecule has 0 bridgehead atoms. The summed E-state index contributed by atoms with van der Waals surface area (Å²) >= 11 is 6.69. The van der Waals surface area contributed by atoms with Crippen LogP contribution in [-0.2, 0) is 0 Å². The fourth-order valence-electron chi connectivity index (χ4n) is 2.03. The number of hydrogen-bond acceptors (Lipinski definition) is 6. The molecular weight excluding hydrogens is 335 g/mol. The molecule has 0 fully saturated rings. The third kappa shape index (κ3) is 2.06. The van der Waals surface area contributed by atoms with E-state index in [1.165, 1.54) is 17.8 Å². The van der Waals surface area contributed by atoms with Crippen molar-refractivity contribution in [3.8, 4) is 5.13 Å². The predicted molar refractivity (Wildman–Crippen MR) is 77.5 cm³/mol. The standard InChI is InChI=1S/C12H6ClFN4O3S/c1-4-6-8(19)5(11(20)21)2-18(12-15-3-16-22-12)10(6)17-9(13)7(4)14/h2-3H,1H3,(H,20,21). The van der Waals surface area contributed by atoms with Crippen LogP contribution in [0.4, 0.5) is 4.39 Å². The summed E-state index contributed by atoms with van der Waals surface area (Å²) in [6.07, 6.45) is 2.34. The van der Waals surface area contributed by atoms with Gasteiger partial charge < -0.3 is 5.11 Å². The van der Waals surface area contributed by atoms with Gasteiger partial charge in [0.05, 0.1) is 5.39 Å². The van der Waals surface area contributed by atoms with Gasteiger partial charge in [0.15, 0.2) is 16.6 Å². The second-order valence-corrected chi connectivity index (χ2v) is 5.43. The quantitative estimate of drug-likeness (QED) is 0.717. The summed E-state index contributed by atoms with van der Waals surface area (Å²) in [5.41, 5.74) is -1.39. The van der Waals surface area contributed by atoms with Crippen molar-refractivity contribution in [2.24, 2.45) is 0 Å². The highest BCUT2D eigenvalue weighted by molar-refractivity contribution is 7.08. The Kier molecular flexibility index (Phi) is 3.38. The van der Waals surface area contributed by atoms with Crippen molar-refractivity contribution < 1.29 is 14.3 Å². The van der Waals surface area contributed by atoms with Gasteiger partial charge in [-0.3, -0.25) is 9.36 Å². The van der Waals surface area contributed by atoms with Crippen LogP contribution >= 0.6 is 23.1 Å². The van der Waals surface area contributed by atoms with E-state index in [4.69, 9.17) is 11.6 Å². The Bertz CT molecular complexity index is 971. The van der Waals surface area contributed by atoms with Crippen LogP contribution in [-0.4, -0.2) is 30.0 Å². The minimum Gasteiger partial charge on any atom is -0.477 e. The van der Waals surface area contributed by atoms with Gasteiger partial charge in [-0.2, -0.15) is 4.37 Å². The lowest BCUT2D eigenvalue weighted by Gasteiger charge is -2.11. The molecule has 0 aromatic carbocycles. The van der Waals surface area contributed by atoms with E-state index < -0.39 is 27.9 Å². The number of hydrogen-bond donors (Lipinski definition) is 1. The molecule has 0 saturated heterocycles. The van der Waals surface area contributed by atoms with Gasteiger partial charge in [0, 0.05) is 23.3 Å². The van der Waals surface area contributed by atoms with Crippen LogP contribution in [0.25, 0.3) is 16.2 Å². The molecule has 0 atom stereocenters. The van der Waals surface area contributed by atoms with E-state index >= 15 is 0 Å². The van der Waals surface area contributed by atoms with Gasteiger partial charge in [-0.25, -0.2) is 19.2 Å². The van der Waals surface area contributed by atoms with Crippen molar-refractivity contribution in [1.82, 2.24) is 18.9 Å². The van der Waals surface area contributed by atoms with Crippen molar-refractivity contribution in [1.29, 1.82) is 0 Å². The fourth-order valence-corrected chi connectivity index (χ4v) is 2.76. The van der Waals surface area contributed by atoms with Crippen LogP contribution in [0.15, 0.2) is 17.3 Å². The minimum absolute atomic E-state index is 0.0238. The monoisotopic (exact) mass is 340 g/mol. The van der Waals surface area contributed by atoms with Crippen molar-refractivity contribution in [2.75, 3.05) is 0 Å². The zero-order valence-corrected chi connectivity index (χ0v) is 12.4. The normalized spacial score (nSPS) is 11.0. The Balaban J connectivity index is 2.58. The van der Waals surface area contributed by atoms with E-state index in [2.05, 4.69) is 14.3 Å². The fraction of sp³-hybridized carbons (Fsp3) is 0.0833. The predicted octanol–water partition coefficient (Wildman–Crippen LogP) is 2.04. The maximum Gasteiger partial charge on any atom is 0.341 e. The molecule has 3 rings (SSSR count). The molecule has 0 spiro atoms. The topological polar surface area (TPSA) is 98.0 Å². The molecule has 10 heteroatoms. The third-order valence-electron chi connectivity index (χ3n) is 3.06. The molecular formula is C12H6ClFN4O3S. The zero-order valence-electron chi connectivity index (χ0n) is 10.9. The van der Waals surface area contributed by atoms with E-state index in [1.54, 1.807) is 0 Å². The van der Waals surface area contributed by atoms with Crippen LogP contribution in [0, 0.1) is 12.7 Å². The number of pyridine rings is 2. The number of aryl methyl sites for hydroxylation is 1. The van der Waals surface area contributed by atoms with Crippen molar-refractivity contribution in [3.63, 3.8) is 0 Å². The molecule has 0 aliphatic heterocycles. The van der Waals surface area contributed by atoms with Gasteiger partial charge >= 0.3 is 5.97 Å². The summed E-state index contributed by atoms with van der Waals surface area (Å²) < 4.78 is 19.0. The number of halogens is 2. The number of carbonyl (C=O) groups is 1. The summed E-state index contributed by atoms with van der Waals surface area (Å²) in [5.74, 6) is -2.29. The first-order valence-electron chi connectivity index (χ1n) is 5.83. The number of nitrogens with zero attached hydrogens (tertiary/aromatic N) is 4. The smallest absolute Gasteiger partial charge is 0.341 e. The molecule has 112 valence electrons. The first-order chi connectivity index (χ1) is 10.4. The largest absolute Gasteiger partial charge is 0.477 e. The Morgan fingerprint density at radius 2 is 2.23 bits per heavy atom. The van der Waals surface area contributed by atoms with Gasteiger partial charge in [-0.05, 0) is 6.92 Å². The van der Waals surface area contributed by atoms with Crippen LogP contribution in [0.5, 0.6) is 0 Å². The molecule has 0 aliphatic rings. The summed E-state index contributed by atoms with van der Waals surface area (Å²) in [6, 6.07) is 0. The van der Waals surface area contributed by atoms with E-state index in [1.807, 2.05) is 0 Å². The molecule has 0 radical (unpaired) electrons. The summed E-state index contributed by atoms with van der Waals surface area (Å²) in [4.78, 5) is 31.4. The first-order valence-corrected chi connectivity index (χ1v) is 6.98. The van der Waals surface area contributed by atoms with Crippen molar-refractivity contribution >= 4 is 40.1 Å². The minimum atomic E-state index is -1.43. The summed E-state index contributed by atoms with van der Waals surface area (Å²) in [7, 11) is 0. The average molecular weight is 341 g/mol. The molecule has 3 heterocycles. The number of fused-ring (bicyclic) bond motifs is 1. The first kappa shape index (κ1) is 14.5. The maximum absolute atomic E-state index is 13.9. The lowest BCUT2D eigenvalue weighted by atomic mass is 10.1. The summed E-state index contributed by atoms with van der Waals surface area (Å²) in [6.45, 7) is 1.34. The SMILES string of the molecule is Cc1c(F)c(Cl)nc2c1c(=O)c(C(=O)O)cn2-c1ncns1. The second-order valence-electron chi connectivity index (χ2n) is 4.31. The van der Waals surface area contributed by atoms with Crippen LogP contribution in [0.1, 0.15) is 15.9 Å². The van der Waals surface area contributed by atoms with Crippen molar-refractivity contribution in [2.45, 2.75) is 6.92 Å². The molecule has 3 aromatic heterocycles. The van der Waals surface area contributed by atoms with Gasteiger partial charge in [-0.1, -0.05) is 11.6 Å². The van der Waals surface area contributed by atoms with Crippen molar-refractivity contribution in [3.05, 3.63) is 44.8 Å². The van der Waals surface area contributed by atoms with Gasteiger partial charge in [0.1, 0.15) is 11.9 Å². The molecule has 3 aromatic rings. The Hall–Kier alpha value is -2.39. The average Bonchev–Trinajstić information content (AvgIpc) is 2.98. The Labute approximate surface area is 130 Å². The lowest BCUT2D eigenvalue weighted by Crippen LogP contribution is -2.20. The van der Waals surface area contributed by atoms with E-state index in [9.17, 15) is 19.1 Å². The second kappa shape index (κ2) is 5.11. The number of aromatic nitrogens is 4. The summed E-state index contributed by atoms with van der Waals surface area (Å²) in [5, 5.41) is 8.89. The van der Waals surface area contributed by atoms with Crippen LogP contribution in [0.2, 0.25) is 5.15 Å². The zero-order chi connectivity index (χ0) is 16.0. The third-order valence-corrected chi connectivity index (χ3v) is 3.97. The van der Waals surface area contributed by atoms with E-state index in [0.717, 1.165) is 17.7 Å². The van der Waals surface area contributed by atoms with E-state index in [0.29, 0.717) is 0 Å².